The molecule has 0 radical (unpaired) electrons. The summed E-state index contributed by atoms with van der Waals surface area (Å²) in [5.74, 6) is -3.30. The van der Waals surface area contributed by atoms with E-state index < -0.39 is 65.8 Å². The fourth-order valence-electron chi connectivity index (χ4n) is 4.41. The van der Waals surface area contributed by atoms with Crippen LogP contribution < -0.4 is 26.6 Å². The molecule has 0 unspecified atom stereocenters. The van der Waals surface area contributed by atoms with Gasteiger partial charge in [0.1, 0.15) is 30.3 Å². The van der Waals surface area contributed by atoms with Gasteiger partial charge in [0.25, 0.3) is 0 Å². The van der Waals surface area contributed by atoms with Crippen LogP contribution in [0.2, 0.25) is 0 Å². The normalized spacial score (nSPS) is 12.7. The Balaban J connectivity index is 2.90. The summed E-state index contributed by atoms with van der Waals surface area (Å²) in [5.41, 5.74) is 8.32. The summed E-state index contributed by atoms with van der Waals surface area (Å²) in [5, 5.41) is 16.4. The first-order valence-electron chi connectivity index (χ1n) is 16.5. The maximum atomic E-state index is 13.5. The van der Waals surface area contributed by atoms with Crippen molar-refractivity contribution in [1.82, 2.24) is 26.6 Å². The van der Waals surface area contributed by atoms with Crippen molar-refractivity contribution in [2.24, 2.45) is 11.0 Å². The van der Waals surface area contributed by atoms with Crippen LogP contribution in [-0.2, 0) is 44.8 Å². The molecule has 0 spiro atoms. The highest BCUT2D eigenvalue weighted by Crippen LogP contribution is 2.11. The van der Waals surface area contributed by atoms with Crippen LogP contribution >= 0.6 is 0 Å². The van der Waals surface area contributed by atoms with E-state index in [0.717, 1.165) is 5.56 Å². The number of azide groups is 1. The van der Waals surface area contributed by atoms with Crippen molar-refractivity contribution in [1.29, 1.82) is 0 Å². The number of nitrogens with zero attached hydrogens (tertiary/aromatic N) is 3. The average molecular weight is 705 g/mol. The van der Waals surface area contributed by atoms with E-state index in [-0.39, 0.29) is 58.2 Å². The summed E-state index contributed by atoms with van der Waals surface area (Å²) >= 11 is 0. The van der Waals surface area contributed by atoms with Crippen molar-refractivity contribution in [3.8, 4) is 0 Å². The third-order valence-corrected chi connectivity index (χ3v) is 6.55. The van der Waals surface area contributed by atoms with E-state index in [9.17, 15) is 28.8 Å². The van der Waals surface area contributed by atoms with Crippen molar-refractivity contribution in [3.05, 3.63) is 46.3 Å². The topological polar surface area (TPSA) is 239 Å². The third kappa shape index (κ3) is 20.5. The van der Waals surface area contributed by atoms with Gasteiger partial charge in [-0.2, -0.15) is 0 Å². The maximum absolute atomic E-state index is 13.5. The Morgan fingerprint density at radius 3 is 2.14 bits per heavy atom. The van der Waals surface area contributed by atoms with Crippen LogP contribution in [0.1, 0.15) is 72.8 Å². The van der Waals surface area contributed by atoms with Crippen LogP contribution in [0.25, 0.3) is 10.4 Å². The molecule has 0 saturated carbocycles. The minimum atomic E-state index is -1.34. The Morgan fingerprint density at radius 1 is 0.860 bits per heavy atom. The molecule has 17 heteroatoms. The summed E-state index contributed by atoms with van der Waals surface area (Å²) < 4.78 is 15.8. The van der Waals surface area contributed by atoms with Crippen molar-refractivity contribution in [2.45, 2.75) is 97.6 Å². The summed E-state index contributed by atoms with van der Waals surface area (Å²) in [6, 6.07) is 5.66. The van der Waals surface area contributed by atoms with Crippen LogP contribution in [0.5, 0.6) is 0 Å². The zero-order chi connectivity index (χ0) is 37.5. The first-order valence-corrected chi connectivity index (χ1v) is 16.5. The summed E-state index contributed by atoms with van der Waals surface area (Å²) in [6.45, 7) is 10.6. The molecule has 0 fully saturated rings. The number of rotatable bonds is 22. The molecule has 1 rings (SSSR count). The number of carbonyl (C=O) groups excluding carboxylic acids is 6. The van der Waals surface area contributed by atoms with Crippen LogP contribution in [-0.4, -0.2) is 92.3 Å². The molecule has 0 bridgehead atoms. The highest BCUT2D eigenvalue weighted by molar-refractivity contribution is 5.95. The Hall–Kier alpha value is -4.89. The van der Waals surface area contributed by atoms with Crippen molar-refractivity contribution in [3.63, 3.8) is 0 Å². The Morgan fingerprint density at radius 2 is 1.52 bits per heavy atom. The lowest BCUT2D eigenvalue weighted by Crippen LogP contribution is -2.57. The molecule has 0 aromatic heterocycles. The van der Waals surface area contributed by atoms with Gasteiger partial charge in [-0.3, -0.25) is 24.0 Å². The Bertz CT molecular complexity index is 1300. The molecular weight excluding hydrogens is 652 g/mol. The van der Waals surface area contributed by atoms with E-state index in [2.05, 4.69) is 36.6 Å². The molecule has 1 aromatic rings. The fraction of sp³-hybridized carbons (Fsp3) is 0.636. The molecule has 0 heterocycles. The molecule has 0 aliphatic carbocycles. The SMILES string of the molecule is CC(=O)N[C@@H](CCCNC(=O)OCc1ccccc1)C(=O)N[C@H](CC(C)C)C(=O)N[C@@H](CC(=O)OC(C)(C)C)C(=O)NCCOCCN=[N+]=[N-]. The number of hydrogen-bond acceptors (Lipinski definition) is 10. The molecule has 5 N–H and O–H groups in total. The maximum Gasteiger partial charge on any atom is 0.407 e. The van der Waals surface area contributed by atoms with Gasteiger partial charge in [0.15, 0.2) is 0 Å². The summed E-state index contributed by atoms with van der Waals surface area (Å²) in [6.07, 6.45) is -0.503. The lowest BCUT2D eigenvalue weighted by atomic mass is 10.0. The van der Waals surface area contributed by atoms with Gasteiger partial charge in [0.2, 0.25) is 23.6 Å². The molecule has 0 aliphatic heterocycles. The molecule has 0 aliphatic rings. The number of carbonyl (C=O) groups is 6. The molecule has 5 amide bonds. The second kappa shape index (κ2) is 23.5. The zero-order valence-corrected chi connectivity index (χ0v) is 29.8. The molecule has 17 nitrogen and oxygen atoms in total. The van der Waals surface area contributed by atoms with E-state index in [1.54, 1.807) is 20.8 Å². The zero-order valence-electron chi connectivity index (χ0n) is 29.8. The van der Waals surface area contributed by atoms with Gasteiger partial charge >= 0.3 is 12.1 Å². The molecular formula is C33H52N8O9. The Labute approximate surface area is 292 Å². The molecule has 3 atom stereocenters. The monoisotopic (exact) mass is 704 g/mol. The number of benzene rings is 1. The van der Waals surface area contributed by atoms with Crippen molar-refractivity contribution in [2.75, 3.05) is 32.8 Å². The minimum Gasteiger partial charge on any atom is -0.460 e. The van der Waals surface area contributed by atoms with Crippen LogP contribution in [0.4, 0.5) is 4.79 Å². The number of hydrogen-bond donors (Lipinski definition) is 5. The predicted molar refractivity (Wildman–Crippen MR) is 183 cm³/mol. The molecule has 278 valence electrons. The van der Waals surface area contributed by atoms with Gasteiger partial charge in [0, 0.05) is 31.5 Å². The van der Waals surface area contributed by atoms with Crippen molar-refractivity contribution < 1.29 is 43.0 Å². The predicted octanol–water partition coefficient (Wildman–Crippen LogP) is 2.39. The quantitative estimate of drug-likeness (QED) is 0.0391. The lowest BCUT2D eigenvalue weighted by molar-refractivity contribution is -0.156. The van der Waals surface area contributed by atoms with Gasteiger partial charge in [-0.05, 0) is 57.0 Å². The van der Waals surface area contributed by atoms with E-state index >= 15 is 0 Å². The molecule has 0 saturated heterocycles. The number of amides is 5. The van der Waals surface area contributed by atoms with Crippen LogP contribution in [0.15, 0.2) is 35.4 Å². The summed E-state index contributed by atoms with van der Waals surface area (Å²) in [4.78, 5) is 79.3. The average Bonchev–Trinajstić information content (AvgIpc) is 3.03. The van der Waals surface area contributed by atoms with E-state index in [0.29, 0.717) is 6.42 Å². The largest absolute Gasteiger partial charge is 0.460 e. The molecule has 50 heavy (non-hydrogen) atoms. The van der Waals surface area contributed by atoms with Crippen LogP contribution in [0.3, 0.4) is 0 Å². The van der Waals surface area contributed by atoms with Gasteiger partial charge in [-0.1, -0.05) is 49.3 Å². The Kier molecular flexibility index (Phi) is 20.2. The van der Waals surface area contributed by atoms with Gasteiger partial charge in [-0.25, -0.2) is 4.79 Å². The number of alkyl carbamates (subject to hydrolysis) is 1. The summed E-state index contributed by atoms with van der Waals surface area (Å²) in [7, 11) is 0. The first kappa shape index (κ1) is 43.1. The molecule has 1 aromatic carbocycles. The van der Waals surface area contributed by atoms with Gasteiger partial charge in [0.05, 0.1) is 19.6 Å². The number of esters is 1. The lowest BCUT2D eigenvalue weighted by Gasteiger charge is -2.27. The van der Waals surface area contributed by atoms with Crippen LogP contribution in [0, 0.1) is 5.92 Å². The van der Waals surface area contributed by atoms with E-state index in [4.69, 9.17) is 19.7 Å². The van der Waals surface area contributed by atoms with E-state index in [1.165, 1.54) is 6.92 Å². The van der Waals surface area contributed by atoms with Gasteiger partial charge in [-0.15, -0.1) is 0 Å². The number of ether oxygens (including phenoxy) is 3. The fourth-order valence-corrected chi connectivity index (χ4v) is 4.41. The van der Waals surface area contributed by atoms with Gasteiger partial charge < -0.3 is 40.8 Å². The number of nitrogens with one attached hydrogen (secondary N) is 5. The first-order chi connectivity index (χ1) is 23.6. The second-order valence-electron chi connectivity index (χ2n) is 12.8. The smallest absolute Gasteiger partial charge is 0.407 e. The highest BCUT2D eigenvalue weighted by Gasteiger charge is 2.32. The standard InChI is InChI=1S/C33H52N8O9/c1-22(2)19-26(31(46)40-27(20-28(43)50-33(4,5)6)29(44)35-15-17-48-18-16-37-41-34)39-30(45)25(38-23(3)42)13-10-14-36-32(47)49-21-24-11-8-7-9-12-24/h7-9,11-12,22,25-27H,10,13-21H2,1-6H3,(H,35,44)(H,36,47)(H,38,42)(H,39,45)(H,40,46)/t25-,26+,27-/m0/s1. The van der Waals surface area contributed by atoms with Crippen molar-refractivity contribution >= 4 is 35.7 Å². The highest BCUT2D eigenvalue weighted by atomic mass is 16.6. The minimum absolute atomic E-state index is 0.0416. The third-order valence-electron chi connectivity index (χ3n) is 6.55. The van der Waals surface area contributed by atoms with E-state index in [1.807, 2.05) is 44.2 Å². The second-order valence-corrected chi connectivity index (χ2v) is 12.8.